The van der Waals surface area contributed by atoms with E-state index in [0.29, 0.717) is 6.04 Å². The number of imidazole rings is 1. The van der Waals surface area contributed by atoms with Crippen molar-refractivity contribution in [3.05, 3.63) is 47.5 Å². The van der Waals surface area contributed by atoms with Crippen LogP contribution in [0.4, 0.5) is 10.3 Å². The molecule has 2 aromatic rings. The van der Waals surface area contributed by atoms with Gasteiger partial charge in [0.05, 0.1) is 5.69 Å². The van der Waals surface area contributed by atoms with Gasteiger partial charge < -0.3 is 9.88 Å². The quantitative estimate of drug-likeness (QED) is 0.895. The van der Waals surface area contributed by atoms with Crippen LogP contribution in [-0.4, -0.2) is 15.6 Å². The summed E-state index contributed by atoms with van der Waals surface area (Å²) >= 11 is 0. The Hall–Kier alpha value is -1.84. The molecular formula is C16H22FN3. The first-order valence-corrected chi connectivity index (χ1v) is 7.02. The highest BCUT2D eigenvalue weighted by atomic mass is 19.1. The lowest BCUT2D eigenvalue weighted by Gasteiger charge is -2.18. The van der Waals surface area contributed by atoms with Crippen LogP contribution in [0.25, 0.3) is 0 Å². The molecule has 1 aromatic carbocycles. The number of hydrogen-bond donors (Lipinski definition) is 1. The number of aryl methyl sites for hydroxylation is 1. The summed E-state index contributed by atoms with van der Waals surface area (Å²) in [6.07, 6.45) is 2.90. The molecule has 0 radical (unpaired) electrons. The summed E-state index contributed by atoms with van der Waals surface area (Å²) in [5.74, 6) is 0.703. The van der Waals surface area contributed by atoms with Crippen LogP contribution in [0.5, 0.6) is 0 Å². The fraction of sp³-hybridized carbons (Fsp3) is 0.438. The summed E-state index contributed by atoms with van der Waals surface area (Å²) in [5, 5.41) is 3.36. The van der Waals surface area contributed by atoms with Crippen molar-refractivity contribution in [2.75, 3.05) is 5.32 Å². The van der Waals surface area contributed by atoms with E-state index in [1.807, 2.05) is 19.1 Å². The van der Waals surface area contributed by atoms with Crippen LogP contribution in [0.1, 0.15) is 38.1 Å². The second kappa shape index (κ2) is 6.07. The zero-order valence-electron chi connectivity index (χ0n) is 12.5. The average Bonchev–Trinajstić information content (AvgIpc) is 2.72. The zero-order chi connectivity index (χ0) is 14.7. The number of benzene rings is 1. The highest BCUT2D eigenvalue weighted by molar-refractivity contribution is 5.31. The monoisotopic (exact) mass is 275 g/mol. The van der Waals surface area contributed by atoms with Crippen LogP contribution in [0.3, 0.4) is 0 Å². The first-order chi connectivity index (χ1) is 9.45. The number of anilines is 1. The molecule has 0 aliphatic carbocycles. The molecular weight excluding hydrogens is 253 g/mol. The van der Waals surface area contributed by atoms with Gasteiger partial charge in [-0.1, -0.05) is 12.1 Å². The first-order valence-electron chi connectivity index (χ1n) is 7.02. The van der Waals surface area contributed by atoms with Gasteiger partial charge in [-0.05, 0) is 51.8 Å². The predicted molar refractivity (Wildman–Crippen MR) is 80.5 cm³/mol. The molecule has 1 heterocycles. The topological polar surface area (TPSA) is 29.9 Å². The largest absolute Gasteiger partial charge is 0.353 e. The third-order valence-corrected chi connectivity index (χ3v) is 3.19. The minimum Gasteiger partial charge on any atom is -0.353 e. The molecule has 0 aliphatic heterocycles. The smallest absolute Gasteiger partial charge is 0.203 e. The van der Waals surface area contributed by atoms with Gasteiger partial charge in [-0.15, -0.1) is 0 Å². The van der Waals surface area contributed by atoms with Crippen LogP contribution in [0, 0.1) is 12.7 Å². The van der Waals surface area contributed by atoms with Crippen molar-refractivity contribution < 1.29 is 4.39 Å². The molecule has 4 heteroatoms. The molecule has 20 heavy (non-hydrogen) atoms. The first kappa shape index (κ1) is 14.6. The van der Waals surface area contributed by atoms with E-state index in [-0.39, 0.29) is 11.9 Å². The van der Waals surface area contributed by atoms with Gasteiger partial charge in [0.1, 0.15) is 5.82 Å². The van der Waals surface area contributed by atoms with E-state index in [0.717, 1.165) is 23.6 Å². The van der Waals surface area contributed by atoms with Crippen molar-refractivity contribution in [3.63, 3.8) is 0 Å². The van der Waals surface area contributed by atoms with Gasteiger partial charge in [0, 0.05) is 18.3 Å². The van der Waals surface area contributed by atoms with E-state index in [4.69, 9.17) is 0 Å². The van der Waals surface area contributed by atoms with E-state index in [2.05, 4.69) is 41.8 Å². The average molecular weight is 275 g/mol. The Labute approximate surface area is 119 Å². The van der Waals surface area contributed by atoms with Gasteiger partial charge in [-0.2, -0.15) is 0 Å². The lowest BCUT2D eigenvalue weighted by molar-refractivity contribution is 0.545. The summed E-state index contributed by atoms with van der Waals surface area (Å²) < 4.78 is 15.1. The molecule has 2 rings (SSSR count). The van der Waals surface area contributed by atoms with Crippen LogP contribution in [0.2, 0.25) is 0 Å². The third-order valence-electron chi connectivity index (χ3n) is 3.19. The third kappa shape index (κ3) is 3.59. The number of nitrogens with one attached hydrogen (secondary N) is 1. The molecule has 0 spiro atoms. The molecule has 0 aliphatic rings. The van der Waals surface area contributed by atoms with Crippen molar-refractivity contribution in [3.8, 4) is 0 Å². The van der Waals surface area contributed by atoms with Crippen molar-refractivity contribution in [2.24, 2.45) is 0 Å². The van der Waals surface area contributed by atoms with Gasteiger partial charge in [0.15, 0.2) is 0 Å². The van der Waals surface area contributed by atoms with Crippen LogP contribution in [0.15, 0.2) is 30.5 Å². The summed E-state index contributed by atoms with van der Waals surface area (Å²) in [4.78, 5) is 4.52. The van der Waals surface area contributed by atoms with Gasteiger partial charge >= 0.3 is 0 Å². The number of aromatic nitrogens is 2. The maximum Gasteiger partial charge on any atom is 0.203 e. The lowest BCUT2D eigenvalue weighted by Crippen LogP contribution is -2.17. The summed E-state index contributed by atoms with van der Waals surface area (Å²) in [6.45, 7) is 8.33. The molecule has 0 saturated carbocycles. The minimum atomic E-state index is -0.193. The van der Waals surface area contributed by atoms with Crippen molar-refractivity contribution in [1.82, 2.24) is 9.55 Å². The van der Waals surface area contributed by atoms with E-state index in [1.165, 1.54) is 12.1 Å². The molecule has 0 amide bonds. The molecule has 1 N–H and O–H groups in total. The Balaban J connectivity index is 2.16. The van der Waals surface area contributed by atoms with Crippen molar-refractivity contribution >= 4 is 5.95 Å². The second-order valence-electron chi connectivity index (χ2n) is 5.59. The van der Waals surface area contributed by atoms with Crippen LogP contribution >= 0.6 is 0 Å². The van der Waals surface area contributed by atoms with Crippen molar-refractivity contribution in [1.29, 1.82) is 0 Å². The zero-order valence-corrected chi connectivity index (χ0v) is 12.5. The lowest BCUT2D eigenvalue weighted by atomic mass is 10.1. The maximum atomic E-state index is 12.9. The van der Waals surface area contributed by atoms with Gasteiger partial charge in [0.25, 0.3) is 0 Å². The molecule has 1 aromatic heterocycles. The van der Waals surface area contributed by atoms with Gasteiger partial charge in [-0.25, -0.2) is 9.37 Å². The van der Waals surface area contributed by atoms with E-state index in [1.54, 1.807) is 0 Å². The minimum absolute atomic E-state index is 0.193. The van der Waals surface area contributed by atoms with E-state index in [9.17, 15) is 4.39 Å². The Morgan fingerprint density at radius 3 is 2.45 bits per heavy atom. The molecule has 1 atom stereocenters. The number of nitrogens with zero attached hydrogens (tertiary/aromatic N) is 2. The van der Waals surface area contributed by atoms with Crippen LogP contribution in [-0.2, 0) is 6.42 Å². The molecule has 0 bridgehead atoms. The highest BCUT2D eigenvalue weighted by Gasteiger charge is 2.13. The summed E-state index contributed by atoms with van der Waals surface area (Å²) in [5.41, 5.74) is 2.12. The van der Waals surface area contributed by atoms with Gasteiger partial charge in [-0.3, -0.25) is 0 Å². The number of rotatable bonds is 5. The summed E-state index contributed by atoms with van der Waals surface area (Å²) in [6, 6.07) is 7.30. The number of halogens is 1. The second-order valence-corrected chi connectivity index (χ2v) is 5.59. The maximum absolute atomic E-state index is 12.9. The molecule has 0 fully saturated rings. The Kier molecular flexibility index (Phi) is 4.42. The standard InChI is InChI=1S/C16H22FN3/c1-11(2)18-16-19-12(3)10-20(16)13(4)9-14-5-7-15(17)8-6-14/h5-8,10-11,13H,9H2,1-4H3,(H,18,19). The summed E-state index contributed by atoms with van der Waals surface area (Å²) in [7, 11) is 0. The molecule has 1 unspecified atom stereocenters. The van der Waals surface area contributed by atoms with E-state index >= 15 is 0 Å². The normalized spacial score (nSPS) is 12.7. The molecule has 3 nitrogen and oxygen atoms in total. The Bertz CT molecular complexity index is 558. The molecule has 108 valence electrons. The molecule has 0 saturated heterocycles. The Morgan fingerprint density at radius 2 is 1.85 bits per heavy atom. The van der Waals surface area contributed by atoms with E-state index < -0.39 is 0 Å². The highest BCUT2D eigenvalue weighted by Crippen LogP contribution is 2.20. The predicted octanol–water partition coefficient (Wildman–Crippen LogP) is 3.95. The number of hydrogen-bond acceptors (Lipinski definition) is 2. The fourth-order valence-corrected chi connectivity index (χ4v) is 2.28. The van der Waals surface area contributed by atoms with Gasteiger partial charge in [0.2, 0.25) is 5.95 Å². The SMILES string of the molecule is Cc1cn(C(C)Cc2ccc(F)cc2)c(NC(C)C)n1. The Morgan fingerprint density at radius 1 is 1.20 bits per heavy atom. The van der Waals surface area contributed by atoms with Crippen LogP contribution < -0.4 is 5.32 Å². The fourth-order valence-electron chi connectivity index (χ4n) is 2.28. The van der Waals surface area contributed by atoms with Crippen molar-refractivity contribution in [2.45, 2.75) is 46.2 Å².